The van der Waals surface area contributed by atoms with Crippen molar-refractivity contribution < 1.29 is 30.7 Å². The molecule has 0 spiro atoms. The van der Waals surface area contributed by atoms with Crippen molar-refractivity contribution in [1.82, 2.24) is 0 Å². The smallest absolute Gasteiger partial charge is 0.170 e. The van der Waals surface area contributed by atoms with Crippen LogP contribution in [0.15, 0.2) is 108 Å². The summed E-state index contributed by atoms with van der Waals surface area (Å²) in [6, 6.07) is 34.8. The van der Waals surface area contributed by atoms with Crippen LogP contribution in [0.3, 0.4) is 0 Å². The molecule has 0 N–H and O–H groups in total. The predicted molar refractivity (Wildman–Crippen MR) is 153 cm³/mol. The molecular weight excluding hydrogens is 589 g/mol. The summed E-state index contributed by atoms with van der Waals surface area (Å²) in [5.41, 5.74) is -0.505. The summed E-state index contributed by atoms with van der Waals surface area (Å²) >= 11 is 3.02. The number of rotatable bonds is 8. The maximum Gasteiger partial charge on any atom is 0.170 e. The van der Waals surface area contributed by atoms with Crippen molar-refractivity contribution in [1.29, 1.82) is 0 Å². The minimum absolute atomic E-state index is 0. The van der Waals surface area contributed by atoms with Crippen LogP contribution in [-0.2, 0) is 14.9 Å². The summed E-state index contributed by atoms with van der Waals surface area (Å²) < 4.78 is 33.3. The number of carbonyl (C=O) groups excluding carboxylic acids is 1. The molecular formula is C31H29BrClF2O2P. The van der Waals surface area contributed by atoms with Crippen LogP contribution in [0.4, 0.5) is 8.78 Å². The zero-order chi connectivity index (χ0) is 26.3. The average molecular weight is 618 g/mol. The molecule has 198 valence electrons. The lowest BCUT2D eigenvalue weighted by atomic mass is 9.92. The quantitative estimate of drug-likeness (QED) is 0.221. The highest BCUT2D eigenvalue weighted by Gasteiger charge is 2.47. The van der Waals surface area contributed by atoms with Crippen LogP contribution in [0, 0.1) is 11.6 Å². The molecule has 0 amide bonds. The first-order chi connectivity index (χ1) is 18.0. The Balaban J connectivity index is 0.000000220. The highest BCUT2D eigenvalue weighted by atomic mass is 79.9. The fourth-order valence-corrected chi connectivity index (χ4v) is 9.00. The van der Waals surface area contributed by atoms with Crippen LogP contribution >= 0.6 is 23.2 Å². The summed E-state index contributed by atoms with van der Waals surface area (Å²) in [6.45, 7) is 0. The van der Waals surface area contributed by atoms with E-state index in [1.165, 1.54) is 28.0 Å². The minimum atomic E-state index is -1.78. The highest BCUT2D eigenvalue weighted by molar-refractivity contribution is 9.10. The van der Waals surface area contributed by atoms with Crippen LogP contribution in [0.25, 0.3) is 0 Å². The lowest BCUT2D eigenvalue weighted by molar-refractivity contribution is -0.108. The van der Waals surface area contributed by atoms with Crippen molar-refractivity contribution in [3.05, 3.63) is 125 Å². The molecule has 0 radical (unpaired) electrons. The number of ether oxygens (including phenoxy) is 1. The maximum atomic E-state index is 13.6. The molecule has 0 aliphatic heterocycles. The van der Waals surface area contributed by atoms with Gasteiger partial charge in [-0.2, -0.15) is 0 Å². The van der Waals surface area contributed by atoms with Crippen LogP contribution in [0.2, 0.25) is 0 Å². The Labute approximate surface area is 238 Å². The summed E-state index contributed by atoms with van der Waals surface area (Å²) in [4.78, 5) is 10.5. The molecule has 7 heteroatoms. The fraction of sp³-hybridized carbons (Fsp3) is 0.194. The van der Waals surface area contributed by atoms with Gasteiger partial charge in [-0.15, -0.1) is 0 Å². The first-order valence-corrected chi connectivity index (χ1v) is 14.9. The molecule has 1 saturated carbocycles. The number of aldehydes is 1. The van der Waals surface area contributed by atoms with Gasteiger partial charge in [0.2, 0.25) is 0 Å². The van der Waals surface area contributed by atoms with E-state index in [1.54, 1.807) is 7.11 Å². The second kappa shape index (κ2) is 13.6. The van der Waals surface area contributed by atoms with Gasteiger partial charge in [0.15, 0.2) is 6.35 Å². The van der Waals surface area contributed by atoms with Gasteiger partial charge < -0.3 is 21.9 Å². The molecule has 4 aromatic carbocycles. The molecule has 2 nitrogen and oxygen atoms in total. The van der Waals surface area contributed by atoms with Crippen molar-refractivity contribution in [3.8, 4) is 0 Å². The zero-order valence-corrected chi connectivity index (χ0v) is 24.2. The number of benzene rings is 4. The molecule has 0 heterocycles. The highest BCUT2D eigenvalue weighted by Crippen LogP contribution is 2.55. The van der Waals surface area contributed by atoms with Gasteiger partial charge in [0.1, 0.15) is 41.1 Å². The number of halogens is 4. The Morgan fingerprint density at radius 3 is 1.53 bits per heavy atom. The van der Waals surface area contributed by atoms with E-state index in [4.69, 9.17) is 4.74 Å². The molecule has 0 atom stereocenters. The van der Waals surface area contributed by atoms with Gasteiger partial charge in [0.25, 0.3) is 0 Å². The normalized spacial score (nSPS) is 13.5. The van der Waals surface area contributed by atoms with Crippen LogP contribution in [0.1, 0.15) is 24.8 Å². The molecule has 0 aromatic heterocycles. The summed E-state index contributed by atoms with van der Waals surface area (Å²) in [5.74, 6) is -1.14. The van der Waals surface area contributed by atoms with Crippen LogP contribution in [0.5, 0.6) is 0 Å². The number of carbonyl (C=O) groups is 1. The third-order valence-electron chi connectivity index (χ3n) is 6.78. The first-order valence-electron chi connectivity index (χ1n) is 12.1. The topological polar surface area (TPSA) is 26.3 Å². The second-order valence-electron chi connectivity index (χ2n) is 9.13. The van der Waals surface area contributed by atoms with Crippen LogP contribution in [-0.4, -0.2) is 19.7 Å². The van der Waals surface area contributed by atoms with Crippen molar-refractivity contribution in [3.63, 3.8) is 0 Å². The lowest BCUT2D eigenvalue weighted by Gasteiger charge is -2.26. The Morgan fingerprint density at radius 2 is 1.21 bits per heavy atom. The Bertz CT molecular complexity index is 1200. The van der Waals surface area contributed by atoms with Crippen molar-refractivity contribution in [2.24, 2.45) is 0 Å². The molecule has 5 rings (SSSR count). The molecule has 1 fully saturated rings. The SMILES string of the molecule is COC[P+](c1ccccc1)(c1ccccc1)c1ccccc1.O=CCC1(c2c(F)cc(Br)cc2F)CC1.[Cl-]. The molecule has 38 heavy (non-hydrogen) atoms. The number of methoxy groups -OCH3 is 1. The Kier molecular flexibility index (Phi) is 10.8. The van der Waals surface area contributed by atoms with E-state index < -0.39 is 24.3 Å². The third-order valence-corrected chi connectivity index (χ3v) is 11.4. The maximum absolute atomic E-state index is 13.6. The van der Waals surface area contributed by atoms with Gasteiger partial charge in [-0.3, -0.25) is 0 Å². The van der Waals surface area contributed by atoms with Gasteiger partial charge in [0.05, 0.1) is 0 Å². The van der Waals surface area contributed by atoms with E-state index >= 15 is 0 Å². The van der Waals surface area contributed by atoms with E-state index in [1.807, 2.05) is 0 Å². The summed E-state index contributed by atoms with van der Waals surface area (Å²) in [6.07, 6.45) is 3.00. The van der Waals surface area contributed by atoms with E-state index in [2.05, 4.69) is 107 Å². The largest absolute Gasteiger partial charge is 1.00 e. The standard InChI is InChI=1S/C20H20OP.C11H9BrF2O.ClH/c1-21-17-22(18-11-5-2-6-12-18,19-13-7-3-8-14-19)20-15-9-4-10-16-20;12-7-5-8(13)10(9(14)6-7)11(1-2-11)3-4-15;/h2-16H,17H2,1H3;4-6H,1-3H2;1H/q+1;;/p-1. The number of hydrogen-bond donors (Lipinski definition) is 0. The molecule has 0 unspecified atom stereocenters. The average Bonchev–Trinajstić information content (AvgIpc) is 3.68. The summed E-state index contributed by atoms with van der Waals surface area (Å²) in [7, 11) is 0.0197. The first kappa shape index (κ1) is 30.1. The molecule has 4 aromatic rings. The van der Waals surface area contributed by atoms with Gasteiger partial charge in [0, 0.05) is 29.0 Å². The van der Waals surface area contributed by atoms with E-state index in [0.29, 0.717) is 23.7 Å². The second-order valence-corrected chi connectivity index (χ2v) is 13.5. The van der Waals surface area contributed by atoms with Crippen LogP contribution < -0.4 is 28.3 Å². The molecule has 0 bridgehead atoms. The predicted octanol–water partition coefficient (Wildman–Crippen LogP) is 3.94. The molecule has 1 aliphatic rings. The van der Waals surface area contributed by atoms with E-state index in [9.17, 15) is 13.6 Å². The third kappa shape index (κ3) is 6.40. The summed E-state index contributed by atoms with van der Waals surface area (Å²) in [5, 5.41) is 4.07. The van der Waals surface area contributed by atoms with Gasteiger partial charge >= 0.3 is 0 Å². The van der Waals surface area contributed by atoms with Gasteiger partial charge in [-0.05, 0) is 61.4 Å². The fourth-order valence-electron chi connectivity index (χ4n) is 4.83. The van der Waals surface area contributed by atoms with Crippen molar-refractivity contribution in [2.75, 3.05) is 13.5 Å². The van der Waals surface area contributed by atoms with Gasteiger partial charge in [-0.25, -0.2) is 8.78 Å². The van der Waals surface area contributed by atoms with E-state index in [0.717, 1.165) is 6.29 Å². The minimum Gasteiger partial charge on any atom is -1.00 e. The number of hydrogen-bond acceptors (Lipinski definition) is 2. The zero-order valence-electron chi connectivity index (χ0n) is 21.0. The van der Waals surface area contributed by atoms with E-state index in [-0.39, 0.29) is 24.4 Å². The lowest BCUT2D eigenvalue weighted by Crippen LogP contribution is -3.00. The Morgan fingerprint density at radius 1 is 0.816 bits per heavy atom. The van der Waals surface area contributed by atoms with Crippen molar-refractivity contribution >= 4 is 45.4 Å². The van der Waals surface area contributed by atoms with Gasteiger partial charge in [-0.1, -0.05) is 70.5 Å². The monoisotopic (exact) mass is 616 g/mol. The van der Waals surface area contributed by atoms with Crippen molar-refractivity contribution in [2.45, 2.75) is 24.7 Å². The Hall–Kier alpha value is -2.43. The molecule has 0 saturated heterocycles. The molecule has 1 aliphatic carbocycles.